The minimum Gasteiger partial charge on any atom is -0.328 e. The lowest BCUT2D eigenvalue weighted by Gasteiger charge is -2.22. The first kappa shape index (κ1) is 14.7. The SMILES string of the molecule is CC(N)CCCC(C)C(=O)CC1CCCCC1. The van der Waals surface area contributed by atoms with Crippen LogP contribution in [0, 0.1) is 11.8 Å². The predicted octanol–water partition coefficient (Wildman–Crippen LogP) is 3.68. The molecule has 2 nitrogen and oxygen atoms in total. The van der Waals surface area contributed by atoms with Gasteiger partial charge in [0.15, 0.2) is 0 Å². The number of ketones is 1. The summed E-state index contributed by atoms with van der Waals surface area (Å²) in [4.78, 5) is 12.1. The molecular weight excluding hydrogens is 210 g/mol. The molecule has 0 spiro atoms. The van der Waals surface area contributed by atoms with E-state index in [4.69, 9.17) is 5.73 Å². The summed E-state index contributed by atoms with van der Waals surface area (Å²) in [7, 11) is 0. The van der Waals surface area contributed by atoms with E-state index in [-0.39, 0.29) is 12.0 Å². The van der Waals surface area contributed by atoms with Gasteiger partial charge in [-0.2, -0.15) is 0 Å². The third-order valence-corrected chi connectivity index (χ3v) is 4.06. The van der Waals surface area contributed by atoms with Gasteiger partial charge in [0, 0.05) is 18.4 Å². The first-order valence-electron chi connectivity index (χ1n) is 7.38. The van der Waals surface area contributed by atoms with E-state index in [0.717, 1.165) is 25.7 Å². The van der Waals surface area contributed by atoms with Crippen LogP contribution in [0.2, 0.25) is 0 Å². The highest BCUT2D eigenvalue weighted by Crippen LogP contribution is 2.28. The molecule has 1 aliphatic rings. The Hall–Kier alpha value is -0.370. The lowest BCUT2D eigenvalue weighted by molar-refractivity contribution is -0.123. The molecule has 0 aliphatic heterocycles. The number of hydrogen-bond acceptors (Lipinski definition) is 2. The van der Waals surface area contributed by atoms with Crippen molar-refractivity contribution >= 4 is 5.78 Å². The Morgan fingerprint density at radius 3 is 2.41 bits per heavy atom. The Labute approximate surface area is 106 Å². The fourth-order valence-electron chi connectivity index (χ4n) is 2.78. The second-order valence-corrected chi connectivity index (χ2v) is 5.98. The number of hydrogen-bond donors (Lipinski definition) is 1. The molecule has 2 atom stereocenters. The molecule has 0 heterocycles. The van der Waals surface area contributed by atoms with Gasteiger partial charge in [0.25, 0.3) is 0 Å². The van der Waals surface area contributed by atoms with Crippen LogP contribution in [-0.2, 0) is 4.79 Å². The summed E-state index contributed by atoms with van der Waals surface area (Å²) in [6.45, 7) is 4.13. The van der Waals surface area contributed by atoms with Crippen LogP contribution in [0.4, 0.5) is 0 Å². The van der Waals surface area contributed by atoms with Gasteiger partial charge in [-0.15, -0.1) is 0 Å². The van der Waals surface area contributed by atoms with Crippen LogP contribution in [0.5, 0.6) is 0 Å². The van der Waals surface area contributed by atoms with Gasteiger partial charge in [-0.05, 0) is 25.7 Å². The molecule has 0 aromatic carbocycles. The smallest absolute Gasteiger partial charge is 0.135 e. The molecule has 1 saturated carbocycles. The first-order valence-corrected chi connectivity index (χ1v) is 7.38. The Kier molecular flexibility index (Phi) is 6.79. The summed E-state index contributed by atoms with van der Waals surface area (Å²) >= 11 is 0. The zero-order valence-electron chi connectivity index (χ0n) is 11.6. The molecule has 1 rings (SSSR count). The summed E-state index contributed by atoms with van der Waals surface area (Å²) < 4.78 is 0. The summed E-state index contributed by atoms with van der Waals surface area (Å²) in [5.41, 5.74) is 5.72. The van der Waals surface area contributed by atoms with E-state index in [1.165, 1.54) is 32.1 Å². The highest BCUT2D eigenvalue weighted by Gasteiger charge is 2.20. The van der Waals surface area contributed by atoms with Gasteiger partial charge in [-0.3, -0.25) is 4.79 Å². The van der Waals surface area contributed by atoms with E-state index in [9.17, 15) is 4.79 Å². The first-order chi connectivity index (χ1) is 8.09. The second kappa shape index (κ2) is 7.86. The summed E-state index contributed by atoms with van der Waals surface area (Å²) in [5.74, 6) is 1.42. The van der Waals surface area contributed by atoms with E-state index in [2.05, 4.69) is 6.92 Å². The van der Waals surface area contributed by atoms with Crippen LogP contribution in [0.3, 0.4) is 0 Å². The summed E-state index contributed by atoms with van der Waals surface area (Å²) in [5, 5.41) is 0. The zero-order chi connectivity index (χ0) is 12.7. The molecule has 1 fully saturated rings. The number of nitrogens with two attached hydrogens (primary N) is 1. The Morgan fingerprint density at radius 1 is 1.18 bits per heavy atom. The number of rotatable bonds is 7. The Bertz CT molecular complexity index is 219. The topological polar surface area (TPSA) is 43.1 Å². The third kappa shape index (κ3) is 6.21. The quantitative estimate of drug-likeness (QED) is 0.736. The second-order valence-electron chi connectivity index (χ2n) is 5.98. The fraction of sp³-hybridized carbons (Fsp3) is 0.933. The maximum atomic E-state index is 12.1. The standard InChI is InChI=1S/C15H29NO/c1-12(7-6-8-13(2)16)15(17)11-14-9-4-3-5-10-14/h12-14H,3-11,16H2,1-2H3. The molecule has 2 unspecified atom stereocenters. The van der Waals surface area contributed by atoms with Gasteiger partial charge in [0.2, 0.25) is 0 Å². The summed E-state index contributed by atoms with van der Waals surface area (Å²) in [6.07, 6.45) is 10.6. The minimum absolute atomic E-state index is 0.246. The molecule has 0 aromatic heterocycles. The maximum Gasteiger partial charge on any atom is 0.135 e. The molecule has 1 aliphatic carbocycles. The Balaban J connectivity index is 2.16. The lowest BCUT2D eigenvalue weighted by Crippen LogP contribution is -2.19. The van der Waals surface area contributed by atoms with Gasteiger partial charge in [-0.25, -0.2) is 0 Å². The van der Waals surface area contributed by atoms with E-state index in [0.29, 0.717) is 11.7 Å². The van der Waals surface area contributed by atoms with Crippen molar-refractivity contribution in [1.82, 2.24) is 0 Å². The Morgan fingerprint density at radius 2 is 1.82 bits per heavy atom. The molecule has 100 valence electrons. The van der Waals surface area contributed by atoms with Crippen molar-refractivity contribution in [3.8, 4) is 0 Å². The van der Waals surface area contributed by atoms with Crippen molar-refractivity contribution in [3.05, 3.63) is 0 Å². The molecule has 17 heavy (non-hydrogen) atoms. The molecule has 0 aromatic rings. The molecule has 0 radical (unpaired) electrons. The highest BCUT2D eigenvalue weighted by molar-refractivity contribution is 5.80. The maximum absolute atomic E-state index is 12.1. The molecule has 0 bridgehead atoms. The van der Waals surface area contributed by atoms with Crippen molar-refractivity contribution in [1.29, 1.82) is 0 Å². The van der Waals surface area contributed by atoms with Crippen molar-refractivity contribution < 1.29 is 4.79 Å². The molecule has 0 saturated heterocycles. The van der Waals surface area contributed by atoms with E-state index < -0.39 is 0 Å². The molecule has 0 amide bonds. The van der Waals surface area contributed by atoms with E-state index in [1.807, 2.05) is 6.92 Å². The van der Waals surface area contributed by atoms with Crippen LogP contribution >= 0.6 is 0 Å². The van der Waals surface area contributed by atoms with Crippen molar-refractivity contribution in [3.63, 3.8) is 0 Å². The lowest BCUT2D eigenvalue weighted by atomic mass is 9.83. The van der Waals surface area contributed by atoms with Gasteiger partial charge < -0.3 is 5.73 Å². The molecular formula is C15H29NO. The van der Waals surface area contributed by atoms with Gasteiger partial charge >= 0.3 is 0 Å². The minimum atomic E-state index is 0.246. The zero-order valence-corrected chi connectivity index (χ0v) is 11.6. The van der Waals surface area contributed by atoms with Crippen LogP contribution in [0.15, 0.2) is 0 Å². The average molecular weight is 239 g/mol. The predicted molar refractivity (Wildman–Crippen MR) is 72.9 cm³/mol. The fourth-order valence-corrected chi connectivity index (χ4v) is 2.78. The van der Waals surface area contributed by atoms with Gasteiger partial charge in [0.1, 0.15) is 5.78 Å². The van der Waals surface area contributed by atoms with Crippen molar-refractivity contribution in [2.24, 2.45) is 17.6 Å². The molecule has 2 heteroatoms. The van der Waals surface area contributed by atoms with Crippen molar-refractivity contribution in [2.75, 3.05) is 0 Å². The number of carbonyl (C=O) groups is 1. The van der Waals surface area contributed by atoms with Gasteiger partial charge in [-0.1, -0.05) is 45.4 Å². The largest absolute Gasteiger partial charge is 0.328 e. The summed E-state index contributed by atoms with van der Waals surface area (Å²) in [6, 6.07) is 0.274. The third-order valence-electron chi connectivity index (χ3n) is 4.06. The number of Topliss-reactive ketones (excluding diaryl/α,β-unsaturated/α-hetero) is 1. The van der Waals surface area contributed by atoms with E-state index >= 15 is 0 Å². The average Bonchev–Trinajstić information content (AvgIpc) is 2.29. The van der Waals surface area contributed by atoms with Gasteiger partial charge in [0.05, 0.1) is 0 Å². The van der Waals surface area contributed by atoms with Crippen LogP contribution < -0.4 is 5.73 Å². The van der Waals surface area contributed by atoms with Crippen LogP contribution in [-0.4, -0.2) is 11.8 Å². The van der Waals surface area contributed by atoms with E-state index in [1.54, 1.807) is 0 Å². The van der Waals surface area contributed by atoms with Crippen LogP contribution in [0.1, 0.15) is 71.6 Å². The highest BCUT2D eigenvalue weighted by atomic mass is 16.1. The van der Waals surface area contributed by atoms with Crippen molar-refractivity contribution in [2.45, 2.75) is 77.7 Å². The molecule has 2 N–H and O–H groups in total. The number of carbonyl (C=O) groups excluding carboxylic acids is 1. The monoisotopic (exact) mass is 239 g/mol. The van der Waals surface area contributed by atoms with Crippen LogP contribution in [0.25, 0.3) is 0 Å². The normalized spacial score (nSPS) is 21.1.